The molecule has 0 fully saturated rings. The Morgan fingerprint density at radius 1 is 1.21 bits per heavy atom. The molecule has 0 saturated carbocycles. The molecule has 0 aliphatic rings. The van der Waals surface area contributed by atoms with Crippen LogP contribution in [-0.2, 0) is 6.54 Å². The van der Waals surface area contributed by atoms with E-state index in [9.17, 15) is 0 Å². The summed E-state index contributed by atoms with van der Waals surface area (Å²) in [5.41, 5.74) is 1.10. The molecule has 2 aromatic rings. The van der Waals surface area contributed by atoms with E-state index in [-0.39, 0.29) is 0 Å². The van der Waals surface area contributed by atoms with Crippen molar-refractivity contribution >= 4 is 34.9 Å². The number of nitrogens with one attached hydrogen (secondary N) is 1. The van der Waals surface area contributed by atoms with Crippen molar-refractivity contribution < 1.29 is 0 Å². The summed E-state index contributed by atoms with van der Waals surface area (Å²) in [7, 11) is 0. The predicted octanol–water partition coefficient (Wildman–Crippen LogP) is 2.70. The molecule has 2 rings (SSSR count). The minimum atomic E-state index is 0.711. The van der Waals surface area contributed by atoms with Gasteiger partial charge in [0.05, 0.1) is 0 Å². The largest absolute Gasteiger partial charge is 0.313 e. The first-order valence-electron chi connectivity index (χ1n) is 5.88. The summed E-state index contributed by atoms with van der Waals surface area (Å²) in [5.74, 6) is 0. The summed E-state index contributed by atoms with van der Waals surface area (Å²) in [4.78, 5) is 8.66. The third kappa shape index (κ3) is 4.72. The summed E-state index contributed by atoms with van der Waals surface area (Å²) in [5, 5.41) is 12.2. The van der Waals surface area contributed by atoms with Crippen LogP contribution in [0.4, 0.5) is 0 Å². The van der Waals surface area contributed by atoms with Crippen LogP contribution in [0.1, 0.15) is 18.9 Å². The maximum absolute atomic E-state index is 4.33. The first kappa shape index (κ1) is 14.7. The molecule has 8 heteroatoms. The minimum absolute atomic E-state index is 0.711. The van der Waals surface area contributed by atoms with Crippen LogP contribution < -0.4 is 5.32 Å². The molecule has 0 aliphatic carbocycles. The second kappa shape index (κ2) is 7.78. The molecule has 102 valence electrons. The maximum Gasteiger partial charge on any atom is 0.194 e. The minimum Gasteiger partial charge on any atom is -0.313 e. The van der Waals surface area contributed by atoms with Crippen LogP contribution in [0.15, 0.2) is 26.2 Å². The Morgan fingerprint density at radius 2 is 1.95 bits per heavy atom. The normalized spacial score (nSPS) is 10.8. The average Bonchev–Trinajstić information content (AvgIpc) is 2.89. The van der Waals surface area contributed by atoms with Gasteiger partial charge in [-0.05, 0) is 31.0 Å². The highest BCUT2D eigenvalue weighted by molar-refractivity contribution is 8.02. The van der Waals surface area contributed by atoms with E-state index in [4.69, 9.17) is 0 Å². The smallest absolute Gasteiger partial charge is 0.194 e. The zero-order valence-corrected chi connectivity index (χ0v) is 13.2. The van der Waals surface area contributed by atoms with E-state index in [2.05, 4.69) is 32.4 Å². The van der Waals surface area contributed by atoms with Crippen molar-refractivity contribution in [3.05, 3.63) is 18.0 Å². The molecule has 19 heavy (non-hydrogen) atoms. The van der Waals surface area contributed by atoms with Gasteiger partial charge in [0.2, 0.25) is 0 Å². The average molecular weight is 313 g/mol. The van der Waals surface area contributed by atoms with Gasteiger partial charge in [-0.2, -0.15) is 0 Å². The monoisotopic (exact) mass is 313 g/mol. The Morgan fingerprint density at radius 3 is 2.58 bits per heavy atom. The molecule has 0 aliphatic heterocycles. The second-order valence-electron chi connectivity index (χ2n) is 3.69. The first-order valence-corrected chi connectivity index (χ1v) is 8.74. The summed E-state index contributed by atoms with van der Waals surface area (Å²) in [6.07, 6.45) is 6.83. The van der Waals surface area contributed by atoms with Gasteiger partial charge < -0.3 is 5.32 Å². The van der Waals surface area contributed by atoms with Crippen molar-refractivity contribution in [1.82, 2.24) is 25.5 Å². The highest BCUT2D eigenvalue weighted by atomic mass is 32.2. The molecule has 0 amide bonds. The van der Waals surface area contributed by atoms with Crippen LogP contribution in [0, 0.1) is 0 Å². The second-order valence-corrected chi connectivity index (χ2v) is 6.94. The lowest BCUT2D eigenvalue weighted by atomic mass is 10.3. The standard InChI is InChI=1S/C11H15N5S3/c1-3-4-12-5-8-6-13-9(14-7-8)18-11-16-15-10(17-2)19-11/h6-7,12H,3-5H2,1-2H3. The van der Waals surface area contributed by atoms with Crippen molar-refractivity contribution in [3.63, 3.8) is 0 Å². The summed E-state index contributed by atoms with van der Waals surface area (Å²) in [6, 6.07) is 0. The van der Waals surface area contributed by atoms with Crippen molar-refractivity contribution in [2.45, 2.75) is 33.7 Å². The van der Waals surface area contributed by atoms with Gasteiger partial charge in [0, 0.05) is 24.5 Å². The number of hydrogen-bond donors (Lipinski definition) is 1. The molecule has 0 atom stereocenters. The lowest BCUT2D eigenvalue weighted by molar-refractivity contribution is 0.669. The molecular weight excluding hydrogens is 298 g/mol. The van der Waals surface area contributed by atoms with E-state index in [1.54, 1.807) is 23.1 Å². The Kier molecular flexibility index (Phi) is 6.02. The van der Waals surface area contributed by atoms with Crippen LogP contribution in [-0.4, -0.2) is 33.0 Å². The van der Waals surface area contributed by atoms with E-state index < -0.39 is 0 Å². The summed E-state index contributed by atoms with van der Waals surface area (Å²) < 4.78 is 1.84. The Bertz CT molecular complexity index is 499. The van der Waals surface area contributed by atoms with E-state index in [0.29, 0.717) is 5.16 Å². The topological polar surface area (TPSA) is 63.6 Å². The fraction of sp³-hybridized carbons (Fsp3) is 0.455. The molecule has 0 unspecified atom stereocenters. The molecular formula is C11H15N5S3. The van der Waals surface area contributed by atoms with Crippen molar-refractivity contribution in [3.8, 4) is 0 Å². The molecule has 0 spiro atoms. The zero-order chi connectivity index (χ0) is 13.5. The van der Waals surface area contributed by atoms with Crippen molar-refractivity contribution in [2.75, 3.05) is 12.8 Å². The van der Waals surface area contributed by atoms with Gasteiger partial charge in [-0.15, -0.1) is 10.2 Å². The molecule has 1 N–H and O–H groups in total. The summed E-state index contributed by atoms with van der Waals surface area (Å²) >= 11 is 4.61. The number of nitrogens with zero attached hydrogens (tertiary/aromatic N) is 4. The quantitative estimate of drug-likeness (QED) is 0.479. The van der Waals surface area contributed by atoms with Gasteiger partial charge >= 0.3 is 0 Å². The zero-order valence-electron chi connectivity index (χ0n) is 10.8. The van der Waals surface area contributed by atoms with E-state index in [0.717, 1.165) is 33.8 Å². The van der Waals surface area contributed by atoms with Crippen molar-refractivity contribution in [1.29, 1.82) is 0 Å². The third-order valence-corrected chi connectivity index (χ3v) is 5.02. The van der Waals surface area contributed by atoms with E-state index >= 15 is 0 Å². The van der Waals surface area contributed by atoms with E-state index in [1.165, 1.54) is 11.8 Å². The van der Waals surface area contributed by atoms with Crippen LogP contribution in [0.5, 0.6) is 0 Å². The predicted molar refractivity (Wildman–Crippen MR) is 79.8 cm³/mol. The van der Waals surface area contributed by atoms with Gasteiger partial charge in [-0.1, -0.05) is 30.0 Å². The van der Waals surface area contributed by atoms with Crippen LogP contribution in [0.2, 0.25) is 0 Å². The molecule has 0 saturated heterocycles. The number of aromatic nitrogens is 4. The Labute approximate surface area is 125 Å². The lowest BCUT2D eigenvalue weighted by Crippen LogP contribution is -2.14. The maximum atomic E-state index is 4.33. The molecule has 0 bridgehead atoms. The fourth-order valence-electron chi connectivity index (χ4n) is 1.30. The number of hydrogen-bond acceptors (Lipinski definition) is 8. The molecule has 0 radical (unpaired) electrons. The third-order valence-electron chi connectivity index (χ3n) is 2.18. The molecule has 2 aromatic heterocycles. The first-order chi connectivity index (χ1) is 9.31. The van der Waals surface area contributed by atoms with Gasteiger partial charge in [-0.25, -0.2) is 9.97 Å². The number of rotatable bonds is 7. The molecule has 0 aromatic carbocycles. The fourth-order valence-corrected chi connectivity index (χ4v) is 3.53. The lowest BCUT2D eigenvalue weighted by Gasteiger charge is -2.02. The SMILES string of the molecule is CCCNCc1cnc(Sc2nnc(SC)s2)nc1. The van der Waals surface area contributed by atoms with Gasteiger partial charge in [0.25, 0.3) is 0 Å². The summed E-state index contributed by atoms with van der Waals surface area (Å²) in [6.45, 7) is 3.97. The Hall–Kier alpha value is -0.700. The van der Waals surface area contributed by atoms with Crippen LogP contribution in [0.25, 0.3) is 0 Å². The highest BCUT2D eigenvalue weighted by Gasteiger charge is 2.07. The van der Waals surface area contributed by atoms with Crippen LogP contribution in [0.3, 0.4) is 0 Å². The Balaban J connectivity index is 1.90. The molecule has 2 heterocycles. The van der Waals surface area contributed by atoms with Gasteiger partial charge in [-0.3, -0.25) is 0 Å². The molecule has 5 nitrogen and oxygen atoms in total. The highest BCUT2D eigenvalue weighted by Crippen LogP contribution is 2.30. The van der Waals surface area contributed by atoms with Gasteiger partial charge in [0.1, 0.15) is 0 Å². The van der Waals surface area contributed by atoms with E-state index in [1.807, 2.05) is 18.6 Å². The van der Waals surface area contributed by atoms with Crippen LogP contribution >= 0.6 is 34.9 Å². The van der Waals surface area contributed by atoms with Gasteiger partial charge in [0.15, 0.2) is 13.8 Å². The number of thioether (sulfide) groups is 1. The van der Waals surface area contributed by atoms with Crippen molar-refractivity contribution in [2.24, 2.45) is 0 Å².